The SMILES string of the molecule is COCCNCC(=O)N1CC(C)CC1C. The molecule has 1 aliphatic heterocycles. The van der Waals surface area contributed by atoms with Crippen molar-refractivity contribution in [3.8, 4) is 0 Å². The summed E-state index contributed by atoms with van der Waals surface area (Å²) in [7, 11) is 1.66. The van der Waals surface area contributed by atoms with Gasteiger partial charge >= 0.3 is 0 Å². The van der Waals surface area contributed by atoms with Crippen LogP contribution in [0.15, 0.2) is 0 Å². The van der Waals surface area contributed by atoms with Crippen molar-refractivity contribution < 1.29 is 9.53 Å². The highest BCUT2D eigenvalue weighted by molar-refractivity contribution is 5.78. The minimum Gasteiger partial charge on any atom is -0.383 e. The molecule has 4 nitrogen and oxygen atoms in total. The molecule has 2 atom stereocenters. The van der Waals surface area contributed by atoms with E-state index in [4.69, 9.17) is 4.74 Å². The summed E-state index contributed by atoms with van der Waals surface area (Å²) in [5.74, 6) is 0.853. The van der Waals surface area contributed by atoms with Gasteiger partial charge in [0.05, 0.1) is 13.2 Å². The molecule has 0 aromatic heterocycles. The maximum atomic E-state index is 11.8. The van der Waals surface area contributed by atoms with Crippen molar-refractivity contribution in [3.63, 3.8) is 0 Å². The fraction of sp³-hybridized carbons (Fsp3) is 0.909. The second kappa shape index (κ2) is 6.08. The fourth-order valence-corrected chi connectivity index (χ4v) is 2.12. The Morgan fingerprint density at radius 2 is 2.27 bits per heavy atom. The van der Waals surface area contributed by atoms with Gasteiger partial charge in [-0.25, -0.2) is 0 Å². The molecule has 88 valence electrons. The lowest BCUT2D eigenvalue weighted by Crippen LogP contribution is -2.40. The van der Waals surface area contributed by atoms with Gasteiger partial charge in [-0.3, -0.25) is 4.79 Å². The van der Waals surface area contributed by atoms with E-state index in [1.165, 1.54) is 0 Å². The summed E-state index contributed by atoms with van der Waals surface area (Å²) < 4.78 is 4.90. The number of likely N-dealkylation sites (tertiary alicyclic amines) is 1. The third-order valence-electron chi connectivity index (χ3n) is 2.86. The summed E-state index contributed by atoms with van der Waals surface area (Å²) in [5, 5.41) is 3.08. The zero-order valence-electron chi connectivity index (χ0n) is 9.95. The van der Waals surface area contributed by atoms with Crippen molar-refractivity contribution >= 4 is 5.91 Å². The molecule has 0 aromatic carbocycles. The van der Waals surface area contributed by atoms with Gasteiger partial charge in [-0.05, 0) is 19.3 Å². The molecule has 4 heteroatoms. The van der Waals surface area contributed by atoms with E-state index in [2.05, 4.69) is 19.2 Å². The number of ether oxygens (including phenoxy) is 1. The smallest absolute Gasteiger partial charge is 0.236 e. The molecule has 1 rings (SSSR count). The van der Waals surface area contributed by atoms with Crippen molar-refractivity contribution in [2.75, 3.05) is 33.4 Å². The van der Waals surface area contributed by atoms with Crippen molar-refractivity contribution in [1.29, 1.82) is 0 Å². The Kier molecular flexibility index (Phi) is 5.05. The highest BCUT2D eigenvalue weighted by atomic mass is 16.5. The number of nitrogens with zero attached hydrogens (tertiary/aromatic N) is 1. The van der Waals surface area contributed by atoms with Gasteiger partial charge in [-0.15, -0.1) is 0 Å². The van der Waals surface area contributed by atoms with Crippen LogP contribution < -0.4 is 5.32 Å². The Labute approximate surface area is 92.0 Å². The number of carbonyl (C=O) groups excluding carboxylic acids is 1. The molecule has 0 saturated carbocycles. The molecule has 0 aliphatic carbocycles. The van der Waals surface area contributed by atoms with E-state index >= 15 is 0 Å². The Bertz CT molecular complexity index is 209. The lowest BCUT2D eigenvalue weighted by molar-refractivity contribution is -0.130. The number of nitrogens with one attached hydrogen (secondary N) is 1. The standard InChI is InChI=1S/C11H22N2O2/c1-9-6-10(2)13(8-9)11(14)7-12-4-5-15-3/h9-10,12H,4-8H2,1-3H3. The number of rotatable bonds is 5. The molecule has 1 amide bonds. The van der Waals surface area contributed by atoms with Crippen LogP contribution in [0.25, 0.3) is 0 Å². The zero-order valence-corrected chi connectivity index (χ0v) is 9.95. The summed E-state index contributed by atoms with van der Waals surface area (Å²) in [5.41, 5.74) is 0. The van der Waals surface area contributed by atoms with Crippen LogP contribution in [-0.4, -0.2) is 50.2 Å². The van der Waals surface area contributed by atoms with E-state index in [0.717, 1.165) is 19.5 Å². The molecule has 1 aliphatic rings. The number of amides is 1. The molecule has 0 spiro atoms. The zero-order chi connectivity index (χ0) is 11.3. The Hall–Kier alpha value is -0.610. The van der Waals surface area contributed by atoms with Crippen LogP contribution >= 0.6 is 0 Å². The quantitative estimate of drug-likeness (QED) is 0.677. The lowest BCUT2D eigenvalue weighted by atomic mass is 10.1. The van der Waals surface area contributed by atoms with E-state index in [-0.39, 0.29) is 5.91 Å². The van der Waals surface area contributed by atoms with Crippen LogP contribution in [0.5, 0.6) is 0 Å². The van der Waals surface area contributed by atoms with Gasteiger partial charge < -0.3 is 15.0 Å². The Balaban J connectivity index is 2.22. The summed E-state index contributed by atoms with van der Waals surface area (Å²) in [6.45, 7) is 7.05. The predicted octanol–water partition coefficient (Wildman–Crippen LogP) is 0.479. The van der Waals surface area contributed by atoms with Gasteiger partial charge in [0.15, 0.2) is 0 Å². The molecule has 1 N–H and O–H groups in total. The highest BCUT2D eigenvalue weighted by Gasteiger charge is 2.29. The first-order valence-corrected chi connectivity index (χ1v) is 5.64. The summed E-state index contributed by atoms with van der Waals surface area (Å²) in [6, 6.07) is 0.400. The molecule has 1 fully saturated rings. The minimum absolute atomic E-state index is 0.211. The average molecular weight is 214 g/mol. The first-order chi connectivity index (χ1) is 7.15. The van der Waals surface area contributed by atoms with Crippen molar-refractivity contribution in [2.45, 2.75) is 26.3 Å². The average Bonchev–Trinajstić information content (AvgIpc) is 2.52. The maximum absolute atomic E-state index is 11.8. The van der Waals surface area contributed by atoms with E-state index in [1.807, 2.05) is 4.90 Å². The molecule has 1 saturated heterocycles. The van der Waals surface area contributed by atoms with Crippen LogP contribution in [-0.2, 0) is 9.53 Å². The van der Waals surface area contributed by atoms with Crippen LogP contribution in [0.4, 0.5) is 0 Å². The number of hydrogen-bond donors (Lipinski definition) is 1. The van der Waals surface area contributed by atoms with Gasteiger partial charge in [0.1, 0.15) is 0 Å². The van der Waals surface area contributed by atoms with E-state index in [0.29, 0.717) is 25.1 Å². The molecular weight excluding hydrogens is 192 g/mol. The number of hydrogen-bond acceptors (Lipinski definition) is 3. The summed E-state index contributed by atoms with van der Waals surface area (Å²) in [6.07, 6.45) is 1.13. The fourth-order valence-electron chi connectivity index (χ4n) is 2.12. The third kappa shape index (κ3) is 3.80. The molecule has 0 radical (unpaired) electrons. The number of carbonyl (C=O) groups is 1. The second-order valence-corrected chi connectivity index (χ2v) is 4.41. The van der Waals surface area contributed by atoms with Crippen LogP contribution in [0.3, 0.4) is 0 Å². The van der Waals surface area contributed by atoms with Gasteiger partial charge in [-0.2, -0.15) is 0 Å². The van der Waals surface area contributed by atoms with Gasteiger partial charge in [0, 0.05) is 26.2 Å². The van der Waals surface area contributed by atoms with Crippen LogP contribution in [0, 0.1) is 5.92 Å². The number of methoxy groups -OCH3 is 1. The molecule has 15 heavy (non-hydrogen) atoms. The molecule has 2 unspecified atom stereocenters. The van der Waals surface area contributed by atoms with E-state index < -0.39 is 0 Å². The molecule has 0 aromatic rings. The predicted molar refractivity (Wildman–Crippen MR) is 59.7 cm³/mol. The minimum atomic E-state index is 0.211. The van der Waals surface area contributed by atoms with Gasteiger partial charge in [-0.1, -0.05) is 6.92 Å². The van der Waals surface area contributed by atoms with Crippen LogP contribution in [0.1, 0.15) is 20.3 Å². The molecule has 1 heterocycles. The first-order valence-electron chi connectivity index (χ1n) is 5.64. The van der Waals surface area contributed by atoms with Gasteiger partial charge in [0.2, 0.25) is 5.91 Å². The molecule has 0 bridgehead atoms. The normalized spacial score (nSPS) is 25.9. The van der Waals surface area contributed by atoms with Crippen molar-refractivity contribution in [1.82, 2.24) is 10.2 Å². The van der Waals surface area contributed by atoms with E-state index in [9.17, 15) is 4.79 Å². The summed E-state index contributed by atoms with van der Waals surface area (Å²) >= 11 is 0. The van der Waals surface area contributed by atoms with Crippen LogP contribution in [0.2, 0.25) is 0 Å². The lowest BCUT2D eigenvalue weighted by Gasteiger charge is -2.21. The van der Waals surface area contributed by atoms with Crippen molar-refractivity contribution in [3.05, 3.63) is 0 Å². The Morgan fingerprint density at radius 3 is 2.80 bits per heavy atom. The third-order valence-corrected chi connectivity index (χ3v) is 2.86. The van der Waals surface area contributed by atoms with Gasteiger partial charge in [0.25, 0.3) is 0 Å². The Morgan fingerprint density at radius 1 is 1.53 bits per heavy atom. The topological polar surface area (TPSA) is 41.6 Å². The van der Waals surface area contributed by atoms with Crippen molar-refractivity contribution in [2.24, 2.45) is 5.92 Å². The monoisotopic (exact) mass is 214 g/mol. The summed E-state index contributed by atoms with van der Waals surface area (Å²) in [4.78, 5) is 13.8. The highest BCUT2D eigenvalue weighted by Crippen LogP contribution is 2.21. The van der Waals surface area contributed by atoms with E-state index in [1.54, 1.807) is 7.11 Å². The maximum Gasteiger partial charge on any atom is 0.236 e. The second-order valence-electron chi connectivity index (χ2n) is 4.41. The largest absolute Gasteiger partial charge is 0.383 e. The molecular formula is C11H22N2O2. The first kappa shape index (κ1) is 12.5.